The summed E-state index contributed by atoms with van der Waals surface area (Å²) in [7, 11) is 0. The van der Waals surface area contributed by atoms with Crippen LogP contribution in [0.4, 0.5) is 0 Å². The molecule has 6 heteroatoms. The average molecular weight is 356 g/mol. The smallest absolute Gasteiger partial charge is 0.311 e. The fourth-order valence-corrected chi connectivity index (χ4v) is 3.84. The summed E-state index contributed by atoms with van der Waals surface area (Å²) in [5, 5.41) is 0. The quantitative estimate of drug-likeness (QED) is 0.722. The van der Waals surface area contributed by atoms with Gasteiger partial charge in [-0.1, -0.05) is 6.92 Å². The van der Waals surface area contributed by atoms with E-state index in [0.29, 0.717) is 6.61 Å². The van der Waals surface area contributed by atoms with E-state index in [1.165, 1.54) is 0 Å². The predicted molar refractivity (Wildman–Crippen MR) is 90.8 cm³/mol. The first-order valence-corrected chi connectivity index (χ1v) is 9.32. The molecule has 1 aliphatic carbocycles. The molecule has 0 N–H and O–H groups in total. The second-order valence-corrected chi connectivity index (χ2v) is 9.01. The zero-order chi connectivity index (χ0) is 18.6. The van der Waals surface area contributed by atoms with Crippen LogP contribution in [0.15, 0.2) is 0 Å². The van der Waals surface area contributed by atoms with E-state index in [2.05, 4.69) is 0 Å². The number of fused-ring (bicyclic) bond motifs is 1. The van der Waals surface area contributed by atoms with Gasteiger partial charge in [0.15, 0.2) is 11.6 Å². The summed E-state index contributed by atoms with van der Waals surface area (Å²) in [4.78, 5) is 12.7. The number of hydrogen-bond acceptors (Lipinski definition) is 6. The molecule has 3 fully saturated rings. The SMILES string of the molecule is CCC(C)(C)C(=O)OC1C(C2COC(C)(C)O2)CC2OC(C)(C)OC21. The summed E-state index contributed by atoms with van der Waals surface area (Å²) >= 11 is 0. The molecule has 0 radical (unpaired) electrons. The highest BCUT2D eigenvalue weighted by Gasteiger charge is 2.58. The van der Waals surface area contributed by atoms with Crippen LogP contribution in [0.1, 0.15) is 61.3 Å². The first kappa shape index (κ1) is 19.1. The van der Waals surface area contributed by atoms with Crippen LogP contribution >= 0.6 is 0 Å². The van der Waals surface area contributed by atoms with E-state index < -0.39 is 17.0 Å². The fourth-order valence-electron chi connectivity index (χ4n) is 3.84. The van der Waals surface area contributed by atoms with Gasteiger partial charge in [-0.3, -0.25) is 4.79 Å². The van der Waals surface area contributed by atoms with E-state index in [9.17, 15) is 4.79 Å². The molecule has 144 valence electrons. The van der Waals surface area contributed by atoms with Crippen LogP contribution in [-0.2, 0) is 28.5 Å². The second kappa shape index (κ2) is 6.19. The van der Waals surface area contributed by atoms with Crippen molar-refractivity contribution >= 4 is 5.97 Å². The number of carbonyl (C=O) groups excluding carboxylic acids is 1. The van der Waals surface area contributed by atoms with Gasteiger partial charge in [-0.25, -0.2) is 0 Å². The Morgan fingerprint density at radius 1 is 1.08 bits per heavy atom. The summed E-state index contributed by atoms with van der Waals surface area (Å²) in [6.07, 6.45) is 0.601. The largest absolute Gasteiger partial charge is 0.459 e. The molecule has 2 heterocycles. The lowest BCUT2D eigenvalue weighted by molar-refractivity contribution is -0.196. The average Bonchev–Trinajstić information content (AvgIpc) is 3.09. The third-order valence-electron chi connectivity index (χ3n) is 5.66. The maximum Gasteiger partial charge on any atom is 0.311 e. The second-order valence-electron chi connectivity index (χ2n) is 9.01. The first-order valence-electron chi connectivity index (χ1n) is 9.32. The maximum absolute atomic E-state index is 12.7. The number of esters is 1. The number of rotatable bonds is 4. The third kappa shape index (κ3) is 3.72. The van der Waals surface area contributed by atoms with E-state index in [-0.39, 0.29) is 36.3 Å². The lowest BCUT2D eigenvalue weighted by atomic mass is 9.90. The van der Waals surface area contributed by atoms with E-state index in [4.69, 9.17) is 23.7 Å². The molecule has 25 heavy (non-hydrogen) atoms. The normalized spacial score (nSPS) is 39.4. The molecule has 2 saturated heterocycles. The molecule has 0 aromatic rings. The molecule has 0 spiro atoms. The Bertz CT molecular complexity index is 526. The molecule has 0 bridgehead atoms. The van der Waals surface area contributed by atoms with E-state index in [0.717, 1.165) is 12.8 Å². The first-order chi connectivity index (χ1) is 11.4. The zero-order valence-corrected chi connectivity index (χ0v) is 16.5. The van der Waals surface area contributed by atoms with Crippen molar-refractivity contribution in [2.45, 2.75) is 97.3 Å². The van der Waals surface area contributed by atoms with Gasteiger partial charge in [0.1, 0.15) is 12.2 Å². The minimum Gasteiger partial charge on any atom is -0.459 e. The maximum atomic E-state index is 12.7. The Balaban J connectivity index is 1.79. The van der Waals surface area contributed by atoms with Gasteiger partial charge in [0.25, 0.3) is 0 Å². The Morgan fingerprint density at radius 2 is 1.72 bits per heavy atom. The van der Waals surface area contributed by atoms with E-state index >= 15 is 0 Å². The number of ether oxygens (including phenoxy) is 5. The Morgan fingerprint density at radius 3 is 2.28 bits per heavy atom. The van der Waals surface area contributed by atoms with Crippen LogP contribution in [0.25, 0.3) is 0 Å². The van der Waals surface area contributed by atoms with Crippen molar-refractivity contribution in [2.75, 3.05) is 6.61 Å². The minimum absolute atomic E-state index is 0.00415. The van der Waals surface area contributed by atoms with Gasteiger partial charge in [-0.05, 0) is 54.4 Å². The molecule has 3 aliphatic rings. The molecule has 3 rings (SSSR count). The Hall–Kier alpha value is -0.690. The number of hydrogen-bond donors (Lipinski definition) is 0. The van der Waals surface area contributed by atoms with Crippen LogP contribution in [0.3, 0.4) is 0 Å². The summed E-state index contributed by atoms with van der Waals surface area (Å²) in [6.45, 7) is 13.9. The predicted octanol–water partition coefficient (Wildman–Crippen LogP) is 3.03. The summed E-state index contributed by atoms with van der Waals surface area (Å²) in [6, 6.07) is 0. The van der Waals surface area contributed by atoms with Gasteiger partial charge < -0.3 is 23.7 Å². The van der Waals surface area contributed by atoms with E-state index in [1.807, 2.05) is 48.5 Å². The molecule has 0 aromatic carbocycles. The van der Waals surface area contributed by atoms with Crippen molar-refractivity contribution in [3.63, 3.8) is 0 Å². The van der Waals surface area contributed by atoms with Gasteiger partial charge in [-0.15, -0.1) is 0 Å². The van der Waals surface area contributed by atoms with Crippen LogP contribution in [0.2, 0.25) is 0 Å². The van der Waals surface area contributed by atoms with Crippen molar-refractivity contribution in [1.82, 2.24) is 0 Å². The molecule has 5 unspecified atom stereocenters. The molecule has 6 nitrogen and oxygen atoms in total. The van der Waals surface area contributed by atoms with Gasteiger partial charge >= 0.3 is 5.97 Å². The van der Waals surface area contributed by atoms with Crippen molar-refractivity contribution in [2.24, 2.45) is 11.3 Å². The van der Waals surface area contributed by atoms with Crippen LogP contribution in [0.5, 0.6) is 0 Å². The highest BCUT2D eigenvalue weighted by atomic mass is 16.8. The molecular formula is C19H32O6. The number of carbonyl (C=O) groups is 1. The van der Waals surface area contributed by atoms with Gasteiger partial charge in [-0.2, -0.15) is 0 Å². The van der Waals surface area contributed by atoms with E-state index in [1.54, 1.807) is 0 Å². The highest BCUT2D eigenvalue weighted by molar-refractivity contribution is 5.76. The molecule has 0 aromatic heterocycles. The van der Waals surface area contributed by atoms with Gasteiger partial charge in [0.05, 0.1) is 24.2 Å². The lowest BCUT2D eigenvalue weighted by Gasteiger charge is -2.32. The highest BCUT2D eigenvalue weighted by Crippen LogP contribution is 2.46. The Kier molecular flexibility index (Phi) is 4.72. The fraction of sp³-hybridized carbons (Fsp3) is 0.947. The topological polar surface area (TPSA) is 63.2 Å². The molecule has 0 amide bonds. The van der Waals surface area contributed by atoms with Gasteiger partial charge in [0, 0.05) is 5.92 Å². The summed E-state index contributed by atoms with van der Waals surface area (Å²) < 4.78 is 29.9. The van der Waals surface area contributed by atoms with Crippen molar-refractivity contribution in [1.29, 1.82) is 0 Å². The minimum atomic E-state index is -0.655. The third-order valence-corrected chi connectivity index (χ3v) is 5.66. The summed E-state index contributed by atoms with van der Waals surface area (Å²) in [5.41, 5.74) is -0.524. The standard InChI is InChI=1S/C19H32O6/c1-8-17(2,3)16(20)22-14-11(13-10-21-18(4,5)24-13)9-12-15(14)25-19(6,7)23-12/h11-15H,8-10H2,1-7H3. The molecule has 5 atom stereocenters. The monoisotopic (exact) mass is 356 g/mol. The van der Waals surface area contributed by atoms with Crippen molar-refractivity contribution < 1.29 is 28.5 Å². The van der Waals surface area contributed by atoms with Crippen LogP contribution in [-0.4, -0.2) is 48.6 Å². The molecule has 2 aliphatic heterocycles. The van der Waals surface area contributed by atoms with Crippen LogP contribution in [0, 0.1) is 11.3 Å². The van der Waals surface area contributed by atoms with Crippen molar-refractivity contribution in [3.05, 3.63) is 0 Å². The summed E-state index contributed by atoms with van der Waals surface area (Å²) in [5.74, 6) is -1.46. The van der Waals surface area contributed by atoms with Gasteiger partial charge in [0.2, 0.25) is 0 Å². The Labute approximate surface area is 150 Å². The lowest BCUT2D eigenvalue weighted by Crippen LogP contribution is -2.43. The van der Waals surface area contributed by atoms with Crippen LogP contribution < -0.4 is 0 Å². The molecular weight excluding hydrogens is 324 g/mol. The zero-order valence-electron chi connectivity index (χ0n) is 16.5. The van der Waals surface area contributed by atoms with Crippen molar-refractivity contribution in [3.8, 4) is 0 Å². The molecule has 1 saturated carbocycles.